The molecule has 0 N–H and O–H groups in total. The molecule has 0 radical (unpaired) electrons. The Bertz CT molecular complexity index is 735. The van der Waals surface area contributed by atoms with Gasteiger partial charge in [0.15, 0.2) is 0 Å². The Labute approximate surface area is 113 Å². The van der Waals surface area contributed by atoms with Crippen molar-refractivity contribution < 1.29 is 14.5 Å². The van der Waals surface area contributed by atoms with Crippen LogP contribution in [0, 0.1) is 10.1 Å². The zero-order valence-corrected chi connectivity index (χ0v) is 10.7. The number of carbonyl (C=O) groups is 1. The molecular formula is C13H12N2O5. The first-order chi connectivity index (χ1) is 9.54. The molecule has 0 bridgehead atoms. The van der Waals surface area contributed by atoms with Gasteiger partial charge in [0.25, 0.3) is 11.2 Å². The molecule has 1 aromatic carbocycles. The first kappa shape index (κ1) is 13.7. The molecular weight excluding hydrogens is 264 g/mol. The van der Waals surface area contributed by atoms with Crippen molar-refractivity contribution in [1.29, 1.82) is 0 Å². The zero-order chi connectivity index (χ0) is 14.7. The van der Waals surface area contributed by atoms with Gasteiger partial charge in [0.2, 0.25) is 0 Å². The number of ether oxygens (including phenoxy) is 1. The zero-order valence-electron chi connectivity index (χ0n) is 10.7. The number of benzene rings is 1. The minimum absolute atomic E-state index is 0.136. The van der Waals surface area contributed by atoms with Gasteiger partial charge in [-0.05, 0) is 19.1 Å². The lowest BCUT2D eigenvalue weighted by molar-refractivity contribution is -0.383. The maximum Gasteiger partial charge on any atom is 0.326 e. The van der Waals surface area contributed by atoms with Gasteiger partial charge >= 0.3 is 5.97 Å². The van der Waals surface area contributed by atoms with Crippen LogP contribution in [0.1, 0.15) is 6.92 Å². The van der Waals surface area contributed by atoms with Gasteiger partial charge in [0, 0.05) is 12.3 Å². The molecule has 1 aromatic heterocycles. The molecule has 7 heteroatoms. The number of carbonyl (C=O) groups excluding carboxylic acids is 1. The molecule has 2 rings (SSSR count). The summed E-state index contributed by atoms with van der Waals surface area (Å²) in [7, 11) is 0. The van der Waals surface area contributed by atoms with Crippen molar-refractivity contribution in [2.45, 2.75) is 13.5 Å². The summed E-state index contributed by atoms with van der Waals surface area (Å²) in [5.74, 6) is -0.528. The van der Waals surface area contributed by atoms with Crippen molar-refractivity contribution in [2.75, 3.05) is 6.61 Å². The lowest BCUT2D eigenvalue weighted by Crippen LogP contribution is -2.25. The molecule has 1 heterocycles. The van der Waals surface area contributed by atoms with Gasteiger partial charge in [-0.2, -0.15) is 0 Å². The number of rotatable bonds is 4. The van der Waals surface area contributed by atoms with E-state index in [4.69, 9.17) is 4.74 Å². The van der Waals surface area contributed by atoms with Crippen molar-refractivity contribution in [1.82, 2.24) is 4.57 Å². The summed E-state index contributed by atoms with van der Waals surface area (Å²) in [5, 5.41) is 11.3. The number of esters is 1. The van der Waals surface area contributed by atoms with Gasteiger partial charge < -0.3 is 9.30 Å². The highest BCUT2D eigenvalue weighted by Crippen LogP contribution is 2.22. The van der Waals surface area contributed by atoms with E-state index in [0.29, 0.717) is 0 Å². The van der Waals surface area contributed by atoms with Crippen molar-refractivity contribution in [3.05, 3.63) is 50.9 Å². The topological polar surface area (TPSA) is 91.4 Å². The van der Waals surface area contributed by atoms with Gasteiger partial charge in [0.05, 0.1) is 22.3 Å². The molecule has 2 aromatic rings. The predicted molar refractivity (Wildman–Crippen MR) is 71.5 cm³/mol. The number of fused-ring (bicyclic) bond motifs is 1. The summed E-state index contributed by atoms with van der Waals surface area (Å²) in [6.45, 7) is 1.68. The number of nitro benzene ring substituents is 1. The van der Waals surface area contributed by atoms with Gasteiger partial charge in [-0.3, -0.25) is 19.7 Å². The largest absolute Gasteiger partial charge is 0.465 e. The standard InChI is InChI=1S/C13H12N2O5/c1-2-20-12(16)8-14-7-6-9-10(13(14)17)4-3-5-11(9)15(18)19/h3-7H,2,8H2,1H3. The summed E-state index contributed by atoms with van der Waals surface area (Å²) in [6, 6.07) is 5.72. The number of pyridine rings is 1. The maximum absolute atomic E-state index is 12.2. The van der Waals surface area contributed by atoms with E-state index in [1.807, 2.05) is 0 Å². The van der Waals surface area contributed by atoms with Crippen LogP contribution in [-0.2, 0) is 16.1 Å². The van der Waals surface area contributed by atoms with E-state index >= 15 is 0 Å². The van der Waals surface area contributed by atoms with E-state index in [1.54, 1.807) is 6.92 Å². The fourth-order valence-corrected chi connectivity index (χ4v) is 1.93. The van der Waals surface area contributed by atoms with Crippen LogP contribution in [-0.4, -0.2) is 22.1 Å². The van der Waals surface area contributed by atoms with E-state index < -0.39 is 16.5 Å². The fourth-order valence-electron chi connectivity index (χ4n) is 1.93. The summed E-state index contributed by atoms with van der Waals surface area (Å²) in [4.78, 5) is 33.9. The Balaban J connectivity index is 2.52. The minimum Gasteiger partial charge on any atom is -0.465 e. The monoisotopic (exact) mass is 276 g/mol. The predicted octanol–water partition coefficient (Wildman–Crippen LogP) is 1.47. The number of hydrogen-bond donors (Lipinski definition) is 0. The Morgan fingerprint density at radius 1 is 1.35 bits per heavy atom. The third-order valence-electron chi connectivity index (χ3n) is 2.80. The Morgan fingerprint density at radius 3 is 2.75 bits per heavy atom. The van der Waals surface area contributed by atoms with Crippen molar-refractivity contribution in [3.63, 3.8) is 0 Å². The second-order valence-electron chi connectivity index (χ2n) is 4.05. The lowest BCUT2D eigenvalue weighted by Gasteiger charge is -2.06. The molecule has 0 aliphatic rings. The smallest absolute Gasteiger partial charge is 0.326 e. The molecule has 0 fully saturated rings. The van der Waals surface area contributed by atoms with Crippen LogP contribution in [0.3, 0.4) is 0 Å². The van der Waals surface area contributed by atoms with Gasteiger partial charge in [-0.15, -0.1) is 0 Å². The van der Waals surface area contributed by atoms with E-state index in [-0.39, 0.29) is 29.6 Å². The van der Waals surface area contributed by atoms with E-state index in [0.717, 1.165) is 0 Å². The second kappa shape index (κ2) is 5.52. The van der Waals surface area contributed by atoms with Gasteiger partial charge in [-0.25, -0.2) is 0 Å². The number of nitrogens with zero attached hydrogens (tertiary/aromatic N) is 2. The molecule has 0 spiro atoms. The van der Waals surface area contributed by atoms with E-state index in [2.05, 4.69) is 0 Å². The van der Waals surface area contributed by atoms with Crippen molar-refractivity contribution in [3.8, 4) is 0 Å². The molecule has 0 saturated heterocycles. The number of hydrogen-bond acceptors (Lipinski definition) is 5. The van der Waals surface area contributed by atoms with E-state index in [9.17, 15) is 19.7 Å². The highest BCUT2D eigenvalue weighted by atomic mass is 16.6. The second-order valence-corrected chi connectivity index (χ2v) is 4.05. The Morgan fingerprint density at radius 2 is 2.10 bits per heavy atom. The number of non-ortho nitro benzene ring substituents is 1. The average molecular weight is 276 g/mol. The minimum atomic E-state index is -0.544. The first-order valence-corrected chi connectivity index (χ1v) is 5.96. The molecule has 0 amide bonds. The Kier molecular flexibility index (Phi) is 3.79. The van der Waals surface area contributed by atoms with Crippen LogP contribution in [0.15, 0.2) is 35.3 Å². The molecule has 0 atom stereocenters. The fraction of sp³-hybridized carbons (Fsp3) is 0.231. The van der Waals surface area contributed by atoms with Gasteiger partial charge in [-0.1, -0.05) is 6.07 Å². The molecule has 0 aliphatic heterocycles. The summed E-state index contributed by atoms with van der Waals surface area (Å²) >= 11 is 0. The normalized spacial score (nSPS) is 10.4. The van der Waals surface area contributed by atoms with Crippen LogP contribution in [0.2, 0.25) is 0 Å². The molecule has 104 valence electrons. The molecule has 0 unspecified atom stereocenters. The maximum atomic E-state index is 12.2. The summed E-state index contributed by atoms with van der Waals surface area (Å²) < 4.78 is 5.94. The van der Waals surface area contributed by atoms with Crippen molar-refractivity contribution >= 4 is 22.4 Å². The van der Waals surface area contributed by atoms with Gasteiger partial charge in [0.1, 0.15) is 6.54 Å². The highest BCUT2D eigenvalue weighted by molar-refractivity contribution is 5.90. The third-order valence-corrected chi connectivity index (χ3v) is 2.80. The van der Waals surface area contributed by atoms with E-state index in [1.165, 1.54) is 35.0 Å². The highest BCUT2D eigenvalue weighted by Gasteiger charge is 2.14. The summed E-state index contributed by atoms with van der Waals surface area (Å²) in [6.07, 6.45) is 1.36. The quantitative estimate of drug-likeness (QED) is 0.479. The lowest BCUT2D eigenvalue weighted by atomic mass is 10.1. The van der Waals surface area contributed by atoms with Crippen LogP contribution in [0.25, 0.3) is 10.8 Å². The van der Waals surface area contributed by atoms with Crippen LogP contribution >= 0.6 is 0 Å². The summed E-state index contributed by atoms with van der Waals surface area (Å²) in [5.41, 5.74) is -0.595. The Hall–Kier alpha value is -2.70. The number of nitro groups is 1. The first-order valence-electron chi connectivity index (χ1n) is 5.96. The molecule has 7 nitrogen and oxygen atoms in total. The van der Waals surface area contributed by atoms with Crippen LogP contribution in [0.5, 0.6) is 0 Å². The van der Waals surface area contributed by atoms with Crippen LogP contribution in [0.4, 0.5) is 5.69 Å². The number of aromatic nitrogens is 1. The SMILES string of the molecule is CCOC(=O)Cn1ccc2c([N+](=O)[O-])cccc2c1=O. The third kappa shape index (κ3) is 2.51. The van der Waals surface area contributed by atoms with Crippen molar-refractivity contribution in [2.24, 2.45) is 0 Å². The van der Waals surface area contributed by atoms with Crippen LogP contribution < -0.4 is 5.56 Å². The molecule has 0 saturated carbocycles. The molecule has 20 heavy (non-hydrogen) atoms. The average Bonchev–Trinajstić information content (AvgIpc) is 2.41. The molecule has 0 aliphatic carbocycles.